The van der Waals surface area contributed by atoms with Gasteiger partial charge >= 0.3 is 0 Å². The molecule has 10 heteroatoms. The van der Waals surface area contributed by atoms with E-state index >= 15 is 0 Å². The molecule has 2 aromatic rings. The van der Waals surface area contributed by atoms with E-state index in [9.17, 15) is 9.59 Å². The summed E-state index contributed by atoms with van der Waals surface area (Å²) in [6.45, 7) is 2.85. The van der Waals surface area contributed by atoms with Crippen LogP contribution in [0.3, 0.4) is 0 Å². The number of aromatic nitrogens is 2. The lowest BCUT2D eigenvalue weighted by atomic mass is 10.0. The Morgan fingerprint density at radius 3 is 2.78 bits per heavy atom. The Bertz CT molecular complexity index is 1060. The van der Waals surface area contributed by atoms with E-state index in [2.05, 4.69) is 26.8 Å². The molecule has 3 heterocycles. The minimum absolute atomic E-state index is 0.115. The van der Waals surface area contributed by atoms with E-state index in [0.717, 1.165) is 23.3 Å². The topological polar surface area (TPSA) is 120 Å². The Morgan fingerprint density at radius 2 is 2.16 bits per heavy atom. The van der Waals surface area contributed by atoms with E-state index in [4.69, 9.17) is 21.6 Å². The van der Waals surface area contributed by atoms with E-state index in [0.29, 0.717) is 13.1 Å². The molecule has 0 saturated carbocycles. The van der Waals surface area contributed by atoms with Crippen LogP contribution in [0.4, 0.5) is 5.82 Å². The van der Waals surface area contributed by atoms with Gasteiger partial charge in [-0.05, 0) is 30.5 Å². The molecule has 1 aliphatic rings. The number of carbonyl (C=O) groups is 2. The van der Waals surface area contributed by atoms with Gasteiger partial charge in [0.1, 0.15) is 16.6 Å². The summed E-state index contributed by atoms with van der Waals surface area (Å²) < 4.78 is 5.55. The van der Waals surface area contributed by atoms with Crippen molar-refractivity contribution in [1.29, 1.82) is 5.26 Å². The number of anilines is 1. The van der Waals surface area contributed by atoms with Gasteiger partial charge in [0.25, 0.3) is 5.91 Å². The van der Waals surface area contributed by atoms with Crippen LogP contribution in [0.2, 0.25) is 5.02 Å². The number of nitriles is 1. The molecule has 0 saturated heterocycles. The number of rotatable bonds is 7. The highest BCUT2D eigenvalue weighted by Crippen LogP contribution is 2.27. The average molecular weight is 455 g/mol. The van der Waals surface area contributed by atoms with Gasteiger partial charge in [-0.15, -0.1) is 0 Å². The molecule has 2 aromatic heterocycles. The third-order valence-corrected chi connectivity index (χ3v) is 5.16. The molecule has 1 aliphatic heterocycles. The fourth-order valence-electron chi connectivity index (χ4n) is 3.11. The van der Waals surface area contributed by atoms with Gasteiger partial charge in [-0.1, -0.05) is 23.7 Å². The van der Waals surface area contributed by atoms with Gasteiger partial charge < -0.3 is 20.3 Å². The summed E-state index contributed by atoms with van der Waals surface area (Å²) in [7, 11) is 1.51. The van der Waals surface area contributed by atoms with Crippen molar-refractivity contribution in [1.82, 2.24) is 20.2 Å². The van der Waals surface area contributed by atoms with Crippen LogP contribution in [0.25, 0.3) is 5.57 Å². The zero-order valence-electron chi connectivity index (χ0n) is 17.8. The van der Waals surface area contributed by atoms with E-state index < -0.39 is 6.10 Å². The Kier molecular flexibility index (Phi) is 7.63. The monoisotopic (exact) mass is 454 g/mol. The molecule has 1 unspecified atom stereocenters. The van der Waals surface area contributed by atoms with Gasteiger partial charge in [0.05, 0.1) is 18.3 Å². The van der Waals surface area contributed by atoms with Crippen LogP contribution < -0.4 is 15.4 Å². The summed E-state index contributed by atoms with van der Waals surface area (Å²) in [6.07, 6.45) is 7.27. The maximum Gasteiger partial charge on any atom is 0.260 e. The van der Waals surface area contributed by atoms with Crippen LogP contribution in [0, 0.1) is 11.5 Å². The molecule has 2 amide bonds. The fourth-order valence-corrected chi connectivity index (χ4v) is 3.26. The van der Waals surface area contributed by atoms with Gasteiger partial charge in [-0.2, -0.15) is 5.26 Å². The third-order valence-electron chi connectivity index (χ3n) is 4.88. The van der Waals surface area contributed by atoms with Crippen LogP contribution in [0.1, 0.15) is 24.6 Å². The number of nitrogens with zero attached hydrogens (tertiary/aromatic N) is 4. The summed E-state index contributed by atoms with van der Waals surface area (Å²) in [5.74, 6) is -0.0701. The number of ether oxygens (including phenoxy) is 1. The van der Waals surface area contributed by atoms with Crippen molar-refractivity contribution in [2.75, 3.05) is 25.5 Å². The number of pyridine rings is 2. The molecule has 0 spiro atoms. The first-order chi connectivity index (χ1) is 15.4. The maximum absolute atomic E-state index is 12.4. The van der Waals surface area contributed by atoms with Gasteiger partial charge in [0, 0.05) is 32.4 Å². The van der Waals surface area contributed by atoms with E-state index in [1.54, 1.807) is 18.0 Å². The lowest BCUT2D eigenvalue weighted by Crippen LogP contribution is -2.33. The summed E-state index contributed by atoms with van der Waals surface area (Å²) in [5.41, 5.74) is 2.69. The standard InChI is InChI=1S/C22H23ClN6O3/c1-14(22(31)25-2)32-19-10-20(27-12-17(19)23)28-21(30)9-15-3-4-18(26-11-15)16-5-7-29(13-24)8-6-16/h3-5,10-12,14H,6-9H2,1-2H3,(H,25,31)(H,27,28,30). The van der Waals surface area contributed by atoms with Crippen molar-refractivity contribution >= 4 is 34.8 Å². The third kappa shape index (κ3) is 5.95. The summed E-state index contributed by atoms with van der Waals surface area (Å²) in [4.78, 5) is 34.3. The lowest BCUT2D eigenvalue weighted by Gasteiger charge is -2.20. The van der Waals surface area contributed by atoms with Crippen molar-refractivity contribution in [2.45, 2.75) is 25.9 Å². The quantitative estimate of drug-likeness (QED) is 0.616. The molecule has 166 valence electrons. The molecule has 2 N–H and O–H groups in total. The van der Waals surface area contributed by atoms with Crippen molar-refractivity contribution in [2.24, 2.45) is 0 Å². The van der Waals surface area contributed by atoms with Crippen LogP contribution in [-0.2, 0) is 16.0 Å². The molecule has 1 atom stereocenters. The molecular formula is C22H23ClN6O3. The fraction of sp³-hybridized carbons (Fsp3) is 0.318. The number of likely N-dealkylation sites (N-methyl/N-ethyl adjacent to an activating group) is 1. The van der Waals surface area contributed by atoms with Crippen LogP contribution >= 0.6 is 11.6 Å². The summed E-state index contributed by atoms with van der Waals surface area (Å²) in [6, 6.07) is 5.21. The van der Waals surface area contributed by atoms with Crippen LogP contribution in [0.5, 0.6) is 5.75 Å². The minimum Gasteiger partial charge on any atom is -0.479 e. The number of carbonyl (C=O) groups excluding carboxylic acids is 2. The van der Waals surface area contributed by atoms with Crippen molar-refractivity contribution < 1.29 is 14.3 Å². The molecule has 0 aromatic carbocycles. The molecule has 0 aliphatic carbocycles. The van der Waals surface area contributed by atoms with Crippen molar-refractivity contribution in [3.05, 3.63) is 52.9 Å². The van der Waals surface area contributed by atoms with Crippen molar-refractivity contribution in [3.8, 4) is 11.9 Å². The Labute approximate surface area is 191 Å². The summed E-state index contributed by atoms with van der Waals surface area (Å²) in [5, 5.41) is 14.4. The molecule has 0 radical (unpaired) electrons. The lowest BCUT2D eigenvalue weighted by molar-refractivity contribution is -0.126. The second-order valence-electron chi connectivity index (χ2n) is 7.18. The molecule has 0 fully saturated rings. The average Bonchev–Trinajstić information content (AvgIpc) is 2.81. The van der Waals surface area contributed by atoms with E-state index in [1.165, 1.54) is 19.3 Å². The zero-order chi connectivity index (χ0) is 23.1. The number of hydrogen-bond acceptors (Lipinski definition) is 7. The number of halogens is 1. The first kappa shape index (κ1) is 23.0. The highest BCUT2D eigenvalue weighted by molar-refractivity contribution is 6.32. The second-order valence-corrected chi connectivity index (χ2v) is 7.58. The highest BCUT2D eigenvalue weighted by atomic mass is 35.5. The minimum atomic E-state index is -0.754. The van der Waals surface area contributed by atoms with Gasteiger partial charge in [-0.3, -0.25) is 14.6 Å². The maximum atomic E-state index is 12.4. The van der Waals surface area contributed by atoms with Crippen molar-refractivity contribution in [3.63, 3.8) is 0 Å². The zero-order valence-corrected chi connectivity index (χ0v) is 18.5. The molecule has 3 rings (SSSR count). The first-order valence-corrected chi connectivity index (χ1v) is 10.4. The Balaban J connectivity index is 1.60. The number of hydrogen-bond donors (Lipinski definition) is 2. The van der Waals surface area contributed by atoms with Crippen LogP contribution in [0.15, 0.2) is 36.7 Å². The largest absolute Gasteiger partial charge is 0.479 e. The highest BCUT2D eigenvalue weighted by Gasteiger charge is 2.16. The Morgan fingerprint density at radius 1 is 1.34 bits per heavy atom. The van der Waals surface area contributed by atoms with Gasteiger partial charge in [0.15, 0.2) is 12.3 Å². The summed E-state index contributed by atoms with van der Waals surface area (Å²) >= 11 is 6.09. The Hall–Kier alpha value is -3.64. The van der Waals surface area contributed by atoms with E-state index in [-0.39, 0.29) is 34.8 Å². The normalized spacial score (nSPS) is 14.1. The van der Waals surface area contributed by atoms with Gasteiger partial charge in [-0.25, -0.2) is 4.98 Å². The van der Waals surface area contributed by atoms with Gasteiger partial charge in [0.2, 0.25) is 5.91 Å². The smallest absolute Gasteiger partial charge is 0.260 e. The number of amides is 2. The first-order valence-electron chi connectivity index (χ1n) is 10.0. The predicted molar refractivity (Wildman–Crippen MR) is 120 cm³/mol. The number of nitrogens with one attached hydrogen (secondary N) is 2. The predicted octanol–water partition coefficient (Wildman–Crippen LogP) is 2.39. The molecule has 0 bridgehead atoms. The molecule has 9 nitrogen and oxygen atoms in total. The van der Waals surface area contributed by atoms with E-state index in [1.807, 2.05) is 18.2 Å². The SMILES string of the molecule is CNC(=O)C(C)Oc1cc(NC(=O)Cc2ccc(C3=CCN(C#N)CC3)nc2)ncc1Cl. The molecule has 32 heavy (non-hydrogen) atoms. The second kappa shape index (κ2) is 10.6. The van der Waals surface area contributed by atoms with Crippen LogP contribution in [-0.4, -0.2) is 52.9 Å². The molecular weight excluding hydrogens is 432 g/mol.